The number of aromatic hydroxyl groups is 2. The molecule has 6 rings (SSSR count). The first-order chi connectivity index (χ1) is 16.7. The number of benzene rings is 4. The van der Waals surface area contributed by atoms with Crippen LogP contribution >= 0.6 is 0 Å². The molecule has 0 aliphatic rings. The molecule has 0 bridgehead atoms. The smallest absolute Gasteiger partial charge is 0.124 e. The standard InChI is InChI=1S/C30H20N2O2/c33-27-15-7-5-13-23(27)25-17-19-9-1-3-11-21(19)29(31-25)30-22-12-4-2-10-20(22)18-26(32-30)24-14-6-8-16-28(24)34/h1-18,33-34H. The largest absolute Gasteiger partial charge is 0.507 e. The average molecular weight is 441 g/mol. The molecule has 2 aromatic heterocycles. The molecule has 6 aromatic rings. The van der Waals surface area contributed by atoms with Crippen LogP contribution in [-0.4, -0.2) is 20.2 Å². The second-order valence-corrected chi connectivity index (χ2v) is 8.19. The van der Waals surface area contributed by atoms with Crippen LogP contribution in [0.5, 0.6) is 11.5 Å². The number of phenolic OH excluding ortho intramolecular Hbond substituents is 2. The van der Waals surface area contributed by atoms with Gasteiger partial charge in [0.25, 0.3) is 0 Å². The molecule has 0 amide bonds. The maximum Gasteiger partial charge on any atom is 0.124 e. The van der Waals surface area contributed by atoms with Crippen molar-refractivity contribution in [2.24, 2.45) is 0 Å². The fourth-order valence-electron chi connectivity index (χ4n) is 4.41. The van der Waals surface area contributed by atoms with Gasteiger partial charge in [-0.1, -0.05) is 72.8 Å². The lowest BCUT2D eigenvalue weighted by molar-refractivity contribution is 0.476. The molecule has 2 N–H and O–H groups in total. The Bertz CT molecular complexity index is 1560. The minimum atomic E-state index is 0.178. The number of pyridine rings is 2. The zero-order valence-electron chi connectivity index (χ0n) is 18.2. The van der Waals surface area contributed by atoms with E-state index in [2.05, 4.69) is 0 Å². The molecule has 4 heteroatoms. The molecule has 4 nitrogen and oxygen atoms in total. The Morgan fingerprint density at radius 3 is 1.26 bits per heavy atom. The second-order valence-electron chi connectivity index (χ2n) is 8.19. The normalized spacial score (nSPS) is 11.2. The highest BCUT2D eigenvalue weighted by molar-refractivity contribution is 6.04. The van der Waals surface area contributed by atoms with Gasteiger partial charge in [0.15, 0.2) is 0 Å². The Labute approximate surface area is 196 Å². The van der Waals surface area contributed by atoms with Crippen molar-refractivity contribution in [2.75, 3.05) is 0 Å². The number of hydrogen-bond donors (Lipinski definition) is 2. The lowest BCUT2D eigenvalue weighted by Gasteiger charge is -2.14. The SMILES string of the molecule is Oc1ccccc1-c1cc2ccccc2c(-c2nc(-c3ccccc3O)cc3ccccc23)n1. The first kappa shape index (κ1) is 19.9. The predicted molar refractivity (Wildman–Crippen MR) is 137 cm³/mol. The van der Waals surface area contributed by atoms with Gasteiger partial charge in [-0.2, -0.15) is 0 Å². The zero-order valence-corrected chi connectivity index (χ0v) is 18.2. The van der Waals surface area contributed by atoms with Crippen molar-refractivity contribution in [1.82, 2.24) is 9.97 Å². The van der Waals surface area contributed by atoms with Crippen LogP contribution in [0.3, 0.4) is 0 Å². The van der Waals surface area contributed by atoms with Crippen molar-refractivity contribution in [2.45, 2.75) is 0 Å². The van der Waals surface area contributed by atoms with Gasteiger partial charge in [0.2, 0.25) is 0 Å². The Balaban J connectivity index is 1.71. The number of fused-ring (bicyclic) bond motifs is 2. The van der Waals surface area contributed by atoms with Crippen molar-refractivity contribution in [3.8, 4) is 45.4 Å². The van der Waals surface area contributed by atoms with Gasteiger partial charge < -0.3 is 10.2 Å². The van der Waals surface area contributed by atoms with E-state index in [1.54, 1.807) is 24.3 Å². The molecule has 162 valence electrons. The van der Waals surface area contributed by atoms with Crippen molar-refractivity contribution in [3.05, 3.63) is 109 Å². The summed E-state index contributed by atoms with van der Waals surface area (Å²) in [5.74, 6) is 0.356. The summed E-state index contributed by atoms with van der Waals surface area (Å²) in [6, 6.07) is 34.5. The third-order valence-corrected chi connectivity index (χ3v) is 6.07. The highest BCUT2D eigenvalue weighted by Crippen LogP contribution is 2.38. The summed E-state index contributed by atoms with van der Waals surface area (Å²) in [5, 5.41) is 25.0. The topological polar surface area (TPSA) is 66.2 Å². The molecule has 0 aliphatic heterocycles. The molecule has 0 saturated heterocycles. The van der Waals surface area contributed by atoms with Crippen molar-refractivity contribution in [1.29, 1.82) is 0 Å². The molecular weight excluding hydrogens is 420 g/mol. The van der Waals surface area contributed by atoms with Gasteiger partial charge >= 0.3 is 0 Å². The van der Waals surface area contributed by atoms with Gasteiger partial charge in [-0.25, -0.2) is 9.97 Å². The number of nitrogens with zero attached hydrogens (tertiary/aromatic N) is 2. The van der Waals surface area contributed by atoms with Gasteiger partial charge in [-0.15, -0.1) is 0 Å². The maximum atomic E-state index is 10.5. The summed E-state index contributed by atoms with van der Waals surface area (Å²) in [6.07, 6.45) is 0. The number of phenols is 2. The van der Waals surface area contributed by atoms with Crippen LogP contribution in [0.4, 0.5) is 0 Å². The minimum Gasteiger partial charge on any atom is -0.507 e. The van der Waals surface area contributed by atoms with Crippen LogP contribution < -0.4 is 0 Å². The van der Waals surface area contributed by atoms with Crippen LogP contribution in [-0.2, 0) is 0 Å². The van der Waals surface area contributed by atoms with Crippen LogP contribution in [0.2, 0.25) is 0 Å². The molecule has 0 radical (unpaired) electrons. The Morgan fingerprint density at radius 1 is 0.441 bits per heavy atom. The van der Waals surface area contributed by atoms with Gasteiger partial charge in [0.05, 0.1) is 22.8 Å². The van der Waals surface area contributed by atoms with E-state index in [4.69, 9.17) is 9.97 Å². The lowest BCUT2D eigenvalue weighted by Crippen LogP contribution is -1.96. The van der Waals surface area contributed by atoms with Crippen molar-refractivity contribution in [3.63, 3.8) is 0 Å². The fourth-order valence-corrected chi connectivity index (χ4v) is 4.41. The third-order valence-electron chi connectivity index (χ3n) is 6.07. The number of para-hydroxylation sites is 2. The molecule has 0 aliphatic carbocycles. The number of hydrogen-bond acceptors (Lipinski definition) is 4. The van der Waals surface area contributed by atoms with E-state index in [0.29, 0.717) is 22.5 Å². The number of aromatic nitrogens is 2. The first-order valence-electron chi connectivity index (χ1n) is 11.1. The molecule has 0 spiro atoms. The van der Waals surface area contributed by atoms with Gasteiger partial charge in [0.1, 0.15) is 11.5 Å². The molecule has 34 heavy (non-hydrogen) atoms. The third kappa shape index (κ3) is 3.33. The molecule has 4 aromatic carbocycles. The Kier molecular flexibility index (Phi) is 4.70. The quantitative estimate of drug-likeness (QED) is 0.305. The van der Waals surface area contributed by atoms with E-state index in [-0.39, 0.29) is 11.5 Å². The van der Waals surface area contributed by atoms with E-state index in [9.17, 15) is 10.2 Å². The summed E-state index contributed by atoms with van der Waals surface area (Å²) < 4.78 is 0. The summed E-state index contributed by atoms with van der Waals surface area (Å²) in [7, 11) is 0. The highest BCUT2D eigenvalue weighted by atomic mass is 16.3. The second kappa shape index (κ2) is 8.01. The molecule has 0 fully saturated rings. The van der Waals surface area contributed by atoms with Crippen LogP contribution in [0, 0.1) is 0 Å². The summed E-state index contributed by atoms with van der Waals surface area (Å²) in [6.45, 7) is 0. The Morgan fingerprint density at radius 2 is 0.824 bits per heavy atom. The van der Waals surface area contributed by atoms with Crippen molar-refractivity contribution >= 4 is 21.5 Å². The highest BCUT2D eigenvalue weighted by Gasteiger charge is 2.17. The van der Waals surface area contributed by atoms with E-state index in [1.807, 2.05) is 84.9 Å². The monoisotopic (exact) mass is 440 g/mol. The molecule has 2 heterocycles. The molecule has 0 unspecified atom stereocenters. The van der Waals surface area contributed by atoms with E-state index in [1.165, 1.54) is 0 Å². The van der Waals surface area contributed by atoms with Gasteiger partial charge in [-0.3, -0.25) is 0 Å². The maximum absolute atomic E-state index is 10.5. The zero-order chi connectivity index (χ0) is 23.1. The fraction of sp³-hybridized carbons (Fsp3) is 0. The van der Waals surface area contributed by atoms with E-state index in [0.717, 1.165) is 32.9 Å². The average Bonchev–Trinajstić information content (AvgIpc) is 2.88. The van der Waals surface area contributed by atoms with Crippen LogP contribution in [0.25, 0.3) is 55.4 Å². The number of rotatable bonds is 3. The lowest BCUT2D eigenvalue weighted by atomic mass is 9.98. The van der Waals surface area contributed by atoms with Gasteiger partial charge in [-0.05, 0) is 47.2 Å². The molecular formula is C30H20N2O2. The van der Waals surface area contributed by atoms with E-state index < -0.39 is 0 Å². The van der Waals surface area contributed by atoms with Gasteiger partial charge in [0, 0.05) is 21.9 Å². The minimum absolute atomic E-state index is 0.178. The van der Waals surface area contributed by atoms with Crippen molar-refractivity contribution < 1.29 is 10.2 Å². The predicted octanol–water partition coefficient (Wildman–Crippen LogP) is 7.20. The summed E-state index contributed by atoms with van der Waals surface area (Å²) in [4.78, 5) is 10.0. The summed E-state index contributed by atoms with van der Waals surface area (Å²) in [5.41, 5.74) is 4.12. The van der Waals surface area contributed by atoms with Crippen LogP contribution in [0.15, 0.2) is 109 Å². The first-order valence-corrected chi connectivity index (χ1v) is 11.1. The molecule has 0 saturated carbocycles. The molecule has 0 atom stereocenters. The summed E-state index contributed by atoms with van der Waals surface area (Å²) >= 11 is 0. The van der Waals surface area contributed by atoms with Crippen LogP contribution in [0.1, 0.15) is 0 Å². The van der Waals surface area contributed by atoms with E-state index >= 15 is 0 Å². The Hall–Kier alpha value is -4.70.